The van der Waals surface area contributed by atoms with E-state index in [1.54, 1.807) is 24.3 Å². The minimum absolute atomic E-state index is 0.162. The molecule has 2 rings (SSSR count). The van der Waals surface area contributed by atoms with Crippen LogP contribution in [0.25, 0.3) is 0 Å². The van der Waals surface area contributed by atoms with E-state index in [9.17, 15) is 8.42 Å². The molecule has 1 aromatic heterocycles. The molecule has 0 fully saturated rings. The van der Waals surface area contributed by atoms with Gasteiger partial charge in [-0.25, -0.2) is 8.42 Å². The van der Waals surface area contributed by atoms with E-state index >= 15 is 0 Å². The molecule has 2 aromatic rings. The van der Waals surface area contributed by atoms with E-state index in [1.165, 1.54) is 12.3 Å². The predicted molar refractivity (Wildman–Crippen MR) is 66.4 cm³/mol. The first-order valence-corrected chi connectivity index (χ1v) is 7.30. The van der Waals surface area contributed by atoms with Crippen LogP contribution in [0.5, 0.6) is 0 Å². The summed E-state index contributed by atoms with van der Waals surface area (Å²) in [5.41, 5.74) is 1.00. The van der Waals surface area contributed by atoms with Crippen molar-refractivity contribution < 1.29 is 12.9 Å². The maximum absolute atomic E-state index is 11.9. The molecule has 0 radical (unpaired) electrons. The van der Waals surface area contributed by atoms with Gasteiger partial charge < -0.3 is 4.52 Å². The van der Waals surface area contributed by atoms with Gasteiger partial charge in [-0.05, 0) is 17.7 Å². The monoisotopic (exact) mass is 316 g/mol. The van der Waals surface area contributed by atoms with Crippen LogP contribution >= 0.6 is 15.9 Å². The number of anilines is 1. The Morgan fingerprint density at radius 3 is 2.47 bits per heavy atom. The van der Waals surface area contributed by atoms with Crippen molar-refractivity contribution in [2.75, 3.05) is 4.72 Å². The normalized spacial score (nSPS) is 11.4. The molecule has 0 atom stereocenters. The highest BCUT2D eigenvalue weighted by Crippen LogP contribution is 2.16. The second-order valence-corrected chi connectivity index (χ2v) is 5.51. The molecule has 90 valence electrons. The molecule has 7 heteroatoms. The molecule has 0 unspecified atom stereocenters. The average Bonchev–Trinajstić information content (AvgIpc) is 2.81. The fraction of sp³-hybridized carbons (Fsp3) is 0.100. The summed E-state index contributed by atoms with van der Waals surface area (Å²) in [5.74, 6) is 0.162. The van der Waals surface area contributed by atoms with Gasteiger partial charge in [0.25, 0.3) is 10.0 Å². The third-order valence-corrected chi connectivity index (χ3v) is 4.08. The quantitative estimate of drug-likeness (QED) is 0.879. The first-order chi connectivity index (χ1) is 8.12. The summed E-state index contributed by atoms with van der Waals surface area (Å²) in [6.07, 6.45) is 1.30. The van der Waals surface area contributed by atoms with Crippen LogP contribution in [-0.2, 0) is 15.4 Å². The molecule has 5 nitrogen and oxygen atoms in total. The number of rotatable bonds is 4. The summed E-state index contributed by atoms with van der Waals surface area (Å²) in [6.45, 7) is 0. The summed E-state index contributed by atoms with van der Waals surface area (Å²) in [4.78, 5) is 0.185. The van der Waals surface area contributed by atoms with Crippen LogP contribution in [0, 0.1) is 0 Å². The zero-order chi connectivity index (χ0) is 12.3. The summed E-state index contributed by atoms with van der Waals surface area (Å²) in [6, 6.07) is 8.00. The molecule has 0 aliphatic carbocycles. The first kappa shape index (κ1) is 12.1. The first-order valence-electron chi connectivity index (χ1n) is 4.70. The van der Waals surface area contributed by atoms with Crippen LogP contribution in [0.3, 0.4) is 0 Å². The van der Waals surface area contributed by atoms with Crippen molar-refractivity contribution in [3.05, 3.63) is 42.2 Å². The Balaban J connectivity index is 2.25. The highest BCUT2D eigenvalue weighted by molar-refractivity contribution is 9.08. The van der Waals surface area contributed by atoms with Gasteiger partial charge in [-0.15, -0.1) is 0 Å². The van der Waals surface area contributed by atoms with Gasteiger partial charge in [0.05, 0.1) is 4.90 Å². The standard InChI is InChI=1S/C10H9BrN2O3S/c11-7-8-1-3-9(4-2-8)17(14,15)13-10-5-6-16-12-10/h1-6H,7H2,(H,12,13). The Bertz CT molecular complexity index is 579. The molecule has 0 amide bonds. The minimum Gasteiger partial charge on any atom is -0.363 e. The Labute approximate surface area is 107 Å². The number of nitrogens with zero attached hydrogens (tertiary/aromatic N) is 1. The average molecular weight is 317 g/mol. The number of hydrogen-bond acceptors (Lipinski definition) is 4. The number of sulfonamides is 1. The second-order valence-electron chi connectivity index (χ2n) is 3.27. The lowest BCUT2D eigenvalue weighted by Crippen LogP contribution is -2.13. The lowest BCUT2D eigenvalue weighted by atomic mass is 10.2. The van der Waals surface area contributed by atoms with E-state index in [4.69, 9.17) is 0 Å². The van der Waals surface area contributed by atoms with Crippen LogP contribution in [0.15, 0.2) is 46.0 Å². The van der Waals surface area contributed by atoms with Crippen LogP contribution in [0.2, 0.25) is 0 Å². The van der Waals surface area contributed by atoms with Gasteiger partial charge in [0.15, 0.2) is 5.82 Å². The molecular weight excluding hydrogens is 308 g/mol. The Morgan fingerprint density at radius 1 is 1.24 bits per heavy atom. The summed E-state index contributed by atoms with van der Waals surface area (Å²) in [7, 11) is -3.60. The van der Waals surface area contributed by atoms with E-state index in [2.05, 4.69) is 30.3 Å². The topological polar surface area (TPSA) is 72.2 Å². The van der Waals surface area contributed by atoms with Crippen molar-refractivity contribution in [2.24, 2.45) is 0 Å². The van der Waals surface area contributed by atoms with Gasteiger partial charge in [0.1, 0.15) is 6.26 Å². The molecule has 0 aliphatic heterocycles. The van der Waals surface area contributed by atoms with Gasteiger partial charge in [-0.2, -0.15) is 0 Å². The molecular formula is C10H9BrN2O3S. The fourth-order valence-electron chi connectivity index (χ4n) is 1.22. The van der Waals surface area contributed by atoms with Crippen molar-refractivity contribution in [2.45, 2.75) is 10.2 Å². The van der Waals surface area contributed by atoms with E-state index in [-0.39, 0.29) is 10.7 Å². The Hall–Kier alpha value is -1.34. The number of alkyl halides is 1. The van der Waals surface area contributed by atoms with Gasteiger partial charge in [0, 0.05) is 11.4 Å². The van der Waals surface area contributed by atoms with Crippen molar-refractivity contribution >= 4 is 31.8 Å². The fourth-order valence-corrected chi connectivity index (χ4v) is 2.59. The molecule has 0 aliphatic rings. The predicted octanol–water partition coefficient (Wildman–Crippen LogP) is 2.37. The lowest BCUT2D eigenvalue weighted by Gasteiger charge is -2.05. The third kappa shape index (κ3) is 2.86. The molecule has 0 bridgehead atoms. The molecule has 1 aromatic carbocycles. The minimum atomic E-state index is -3.60. The number of benzene rings is 1. The summed E-state index contributed by atoms with van der Waals surface area (Å²) >= 11 is 3.29. The highest BCUT2D eigenvalue weighted by Gasteiger charge is 2.15. The van der Waals surface area contributed by atoms with E-state index < -0.39 is 10.0 Å². The largest absolute Gasteiger partial charge is 0.363 e. The van der Waals surface area contributed by atoms with Gasteiger partial charge in [0.2, 0.25) is 0 Å². The SMILES string of the molecule is O=S(=O)(Nc1ccon1)c1ccc(CBr)cc1. The number of halogens is 1. The molecule has 0 spiro atoms. The van der Waals surface area contributed by atoms with Crippen molar-refractivity contribution in [3.8, 4) is 0 Å². The summed E-state index contributed by atoms with van der Waals surface area (Å²) in [5, 5.41) is 4.17. The van der Waals surface area contributed by atoms with Crippen molar-refractivity contribution in [1.82, 2.24) is 5.16 Å². The second kappa shape index (κ2) is 4.89. The van der Waals surface area contributed by atoms with Gasteiger partial charge >= 0.3 is 0 Å². The zero-order valence-electron chi connectivity index (χ0n) is 8.63. The number of aromatic nitrogens is 1. The number of hydrogen-bond donors (Lipinski definition) is 1. The van der Waals surface area contributed by atoms with Crippen LogP contribution in [-0.4, -0.2) is 13.6 Å². The zero-order valence-corrected chi connectivity index (χ0v) is 11.0. The molecule has 0 saturated carbocycles. The molecule has 0 saturated heterocycles. The van der Waals surface area contributed by atoms with Gasteiger partial charge in [-0.1, -0.05) is 33.2 Å². The van der Waals surface area contributed by atoms with Crippen molar-refractivity contribution in [3.63, 3.8) is 0 Å². The maximum atomic E-state index is 11.9. The maximum Gasteiger partial charge on any atom is 0.263 e. The van der Waals surface area contributed by atoms with E-state index in [0.717, 1.165) is 5.56 Å². The van der Waals surface area contributed by atoms with Crippen LogP contribution in [0.4, 0.5) is 5.82 Å². The van der Waals surface area contributed by atoms with Crippen molar-refractivity contribution in [1.29, 1.82) is 0 Å². The van der Waals surface area contributed by atoms with E-state index in [1.807, 2.05) is 0 Å². The molecule has 17 heavy (non-hydrogen) atoms. The molecule has 1 N–H and O–H groups in total. The van der Waals surface area contributed by atoms with Gasteiger partial charge in [-0.3, -0.25) is 4.72 Å². The van der Waals surface area contributed by atoms with Crippen LogP contribution in [0.1, 0.15) is 5.56 Å². The highest BCUT2D eigenvalue weighted by atomic mass is 79.9. The summed E-state index contributed by atoms with van der Waals surface area (Å²) < 4.78 is 30.6. The van der Waals surface area contributed by atoms with E-state index in [0.29, 0.717) is 5.33 Å². The lowest BCUT2D eigenvalue weighted by molar-refractivity contribution is 0.423. The third-order valence-electron chi connectivity index (χ3n) is 2.06. The Kier molecular flexibility index (Phi) is 3.49. The molecule has 1 heterocycles. The van der Waals surface area contributed by atoms with Crippen LogP contribution < -0.4 is 4.72 Å². The smallest absolute Gasteiger partial charge is 0.263 e. The number of nitrogens with one attached hydrogen (secondary N) is 1. The Morgan fingerprint density at radius 2 is 1.94 bits per heavy atom.